The molecule has 0 spiro atoms. The number of rotatable bonds is 10. The molecule has 0 aliphatic rings. The fourth-order valence-electron chi connectivity index (χ4n) is 2.19. The van der Waals surface area contributed by atoms with Crippen molar-refractivity contribution in [1.82, 2.24) is 0 Å². The molecule has 0 saturated heterocycles. The van der Waals surface area contributed by atoms with Crippen LogP contribution in [0.1, 0.15) is 12.0 Å². The summed E-state index contributed by atoms with van der Waals surface area (Å²) in [6, 6.07) is 12.6. The van der Waals surface area contributed by atoms with Crippen molar-refractivity contribution < 1.29 is 14.2 Å². The number of nitriles is 1. The van der Waals surface area contributed by atoms with Gasteiger partial charge in [0.05, 0.1) is 29.3 Å². The Morgan fingerprint density at radius 2 is 1.59 bits per heavy atom. The number of halogens is 4. The van der Waals surface area contributed by atoms with E-state index in [2.05, 4.69) is 0 Å². The van der Waals surface area contributed by atoms with Gasteiger partial charge < -0.3 is 14.2 Å². The van der Waals surface area contributed by atoms with Gasteiger partial charge in [0.25, 0.3) is 0 Å². The molecule has 0 aliphatic carbocycles. The van der Waals surface area contributed by atoms with Crippen LogP contribution in [0.25, 0.3) is 6.08 Å². The molecule has 0 saturated carbocycles. The monoisotopic (exact) mass is 471 g/mol. The van der Waals surface area contributed by atoms with Crippen molar-refractivity contribution in [2.75, 3.05) is 19.8 Å². The molecule has 0 heterocycles. The van der Waals surface area contributed by atoms with Gasteiger partial charge in [-0.2, -0.15) is 5.26 Å². The Kier molecular flexibility index (Phi) is 10.0. The first-order valence-electron chi connectivity index (χ1n) is 8.54. The number of hydrogen-bond acceptors (Lipinski definition) is 4. The number of allylic oxidation sites excluding steroid dienone is 1. The topological polar surface area (TPSA) is 51.5 Å². The highest BCUT2D eigenvalue weighted by Gasteiger charge is 2.10. The van der Waals surface area contributed by atoms with E-state index in [1.807, 2.05) is 30.3 Å². The summed E-state index contributed by atoms with van der Waals surface area (Å²) in [5.74, 6) is 1.61. The van der Waals surface area contributed by atoms with E-state index in [1.165, 1.54) is 12.2 Å². The van der Waals surface area contributed by atoms with Crippen LogP contribution in [0.15, 0.2) is 53.0 Å². The summed E-state index contributed by atoms with van der Waals surface area (Å²) >= 11 is 23.5. The average molecular weight is 473 g/mol. The predicted octanol–water partition coefficient (Wildman–Crippen LogP) is 7.08. The van der Waals surface area contributed by atoms with Gasteiger partial charge in [-0.25, -0.2) is 0 Å². The van der Waals surface area contributed by atoms with Gasteiger partial charge in [-0.3, -0.25) is 0 Å². The standard InChI is InChI=1S/C21H17Cl4NO3/c22-18-13-17(28-12-8-20(24)25)14-19(23)21(18)29-11-2-10-27-16-6-4-15(5-7-16)3-1-9-26/h1,3-8,13-14H,2,10-12H2. The summed E-state index contributed by atoms with van der Waals surface area (Å²) in [7, 11) is 0. The SMILES string of the molecule is N#CC=Cc1ccc(OCCCOc2c(Cl)cc(OCC=C(Cl)Cl)cc2Cl)cc1. The number of ether oxygens (including phenoxy) is 3. The van der Waals surface area contributed by atoms with E-state index in [-0.39, 0.29) is 11.1 Å². The molecule has 152 valence electrons. The molecule has 8 heteroatoms. The molecule has 0 aliphatic heterocycles. The maximum atomic E-state index is 8.52. The number of benzene rings is 2. The van der Waals surface area contributed by atoms with Crippen molar-refractivity contribution >= 4 is 52.5 Å². The Balaban J connectivity index is 1.78. The van der Waals surface area contributed by atoms with E-state index in [0.29, 0.717) is 41.2 Å². The maximum Gasteiger partial charge on any atom is 0.156 e. The van der Waals surface area contributed by atoms with Gasteiger partial charge in [-0.1, -0.05) is 58.5 Å². The van der Waals surface area contributed by atoms with Crippen LogP contribution in [-0.4, -0.2) is 19.8 Å². The molecule has 2 rings (SSSR count). The molecular formula is C21H17Cl4NO3. The number of nitrogens with zero attached hydrogens (tertiary/aromatic N) is 1. The first kappa shape index (κ1) is 23.3. The molecule has 0 atom stereocenters. The van der Waals surface area contributed by atoms with Gasteiger partial charge in [0, 0.05) is 24.6 Å². The zero-order valence-corrected chi connectivity index (χ0v) is 18.2. The first-order valence-corrected chi connectivity index (χ1v) is 10.1. The van der Waals surface area contributed by atoms with Crippen molar-refractivity contribution in [2.24, 2.45) is 0 Å². The smallest absolute Gasteiger partial charge is 0.156 e. The third kappa shape index (κ3) is 8.47. The minimum atomic E-state index is 0.121. The van der Waals surface area contributed by atoms with Gasteiger partial charge in [0.15, 0.2) is 5.75 Å². The van der Waals surface area contributed by atoms with E-state index >= 15 is 0 Å². The second-order valence-corrected chi connectivity index (χ2v) is 7.43. The molecule has 0 fully saturated rings. The lowest BCUT2D eigenvalue weighted by Crippen LogP contribution is -2.05. The van der Waals surface area contributed by atoms with Crippen LogP contribution < -0.4 is 14.2 Å². The van der Waals surface area contributed by atoms with Crippen LogP contribution in [0, 0.1) is 11.3 Å². The Morgan fingerprint density at radius 1 is 0.931 bits per heavy atom. The molecule has 0 radical (unpaired) electrons. The maximum absolute atomic E-state index is 8.52. The average Bonchev–Trinajstić information content (AvgIpc) is 2.68. The van der Waals surface area contributed by atoms with E-state index in [0.717, 1.165) is 11.3 Å². The highest BCUT2D eigenvalue weighted by molar-refractivity contribution is 6.55. The Bertz CT molecular complexity index is 878. The summed E-state index contributed by atoms with van der Waals surface area (Å²) in [6.45, 7) is 1.05. The Morgan fingerprint density at radius 3 is 2.21 bits per heavy atom. The van der Waals surface area contributed by atoms with E-state index in [9.17, 15) is 0 Å². The molecule has 4 nitrogen and oxygen atoms in total. The van der Waals surface area contributed by atoms with Crippen LogP contribution in [0.4, 0.5) is 0 Å². The predicted molar refractivity (Wildman–Crippen MR) is 118 cm³/mol. The van der Waals surface area contributed by atoms with Crippen LogP contribution in [0.2, 0.25) is 10.0 Å². The first-order chi connectivity index (χ1) is 14.0. The fraction of sp³-hybridized carbons (Fsp3) is 0.190. The third-order valence-corrected chi connectivity index (χ3v) is 4.36. The quantitative estimate of drug-likeness (QED) is 0.274. The molecule has 0 bridgehead atoms. The summed E-state index contributed by atoms with van der Waals surface area (Å²) in [5.41, 5.74) is 0.931. The normalized spacial score (nSPS) is 10.4. The van der Waals surface area contributed by atoms with Crippen molar-refractivity contribution in [3.63, 3.8) is 0 Å². The third-order valence-electron chi connectivity index (χ3n) is 3.49. The van der Waals surface area contributed by atoms with Gasteiger partial charge in [0.1, 0.15) is 22.6 Å². The minimum absolute atomic E-state index is 0.121. The fourth-order valence-corrected chi connectivity index (χ4v) is 2.89. The number of hydrogen-bond donors (Lipinski definition) is 0. The van der Waals surface area contributed by atoms with Crippen LogP contribution in [-0.2, 0) is 0 Å². The lowest BCUT2D eigenvalue weighted by molar-refractivity contribution is 0.247. The van der Waals surface area contributed by atoms with Crippen molar-refractivity contribution in [2.45, 2.75) is 6.42 Å². The van der Waals surface area contributed by atoms with Crippen molar-refractivity contribution in [3.05, 3.63) is 68.7 Å². The molecule has 2 aromatic carbocycles. The van der Waals surface area contributed by atoms with Gasteiger partial charge in [-0.15, -0.1) is 0 Å². The Labute approximate surface area is 189 Å². The molecule has 0 amide bonds. The van der Waals surface area contributed by atoms with Gasteiger partial charge in [0.2, 0.25) is 0 Å². The van der Waals surface area contributed by atoms with Crippen LogP contribution >= 0.6 is 46.4 Å². The molecule has 29 heavy (non-hydrogen) atoms. The largest absolute Gasteiger partial charge is 0.493 e. The van der Waals surface area contributed by atoms with Crippen LogP contribution in [0.3, 0.4) is 0 Å². The van der Waals surface area contributed by atoms with Gasteiger partial charge >= 0.3 is 0 Å². The zero-order valence-electron chi connectivity index (χ0n) is 15.2. The molecule has 0 aromatic heterocycles. The van der Waals surface area contributed by atoms with Gasteiger partial charge in [-0.05, 0) is 29.8 Å². The van der Waals surface area contributed by atoms with E-state index in [1.54, 1.807) is 18.2 Å². The zero-order chi connectivity index (χ0) is 21.1. The second kappa shape index (κ2) is 12.5. The van der Waals surface area contributed by atoms with E-state index in [4.69, 9.17) is 65.9 Å². The van der Waals surface area contributed by atoms with Crippen molar-refractivity contribution in [1.29, 1.82) is 5.26 Å². The Hall–Kier alpha value is -2.03. The molecule has 0 N–H and O–H groups in total. The van der Waals surface area contributed by atoms with Crippen molar-refractivity contribution in [3.8, 4) is 23.3 Å². The molecule has 2 aromatic rings. The minimum Gasteiger partial charge on any atom is -0.493 e. The lowest BCUT2D eigenvalue weighted by atomic mass is 10.2. The summed E-state index contributed by atoms with van der Waals surface area (Å²) in [6.07, 6.45) is 5.30. The molecular weight excluding hydrogens is 456 g/mol. The van der Waals surface area contributed by atoms with E-state index < -0.39 is 0 Å². The summed E-state index contributed by atoms with van der Waals surface area (Å²) in [5, 5.41) is 9.21. The highest BCUT2D eigenvalue weighted by atomic mass is 35.5. The molecule has 0 unspecified atom stereocenters. The summed E-state index contributed by atoms with van der Waals surface area (Å²) in [4.78, 5) is 0. The highest BCUT2D eigenvalue weighted by Crippen LogP contribution is 2.37. The lowest BCUT2D eigenvalue weighted by Gasteiger charge is -2.12. The summed E-state index contributed by atoms with van der Waals surface area (Å²) < 4.78 is 16.9. The van der Waals surface area contributed by atoms with Crippen LogP contribution in [0.5, 0.6) is 17.2 Å². The second-order valence-electron chi connectivity index (χ2n) is 5.60.